The lowest BCUT2D eigenvalue weighted by Crippen LogP contribution is -2.37. The Hall–Kier alpha value is -0.870. The molecule has 4 heteroatoms. The lowest BCUT2D eigenvalue weighted by Gasteiger charge is -2.23. The molecular formula is C12H18N2OS. The summed E-state index contributed by atoms with van der Waals surface area (Å²) in [5.41, 5.74) is 0. The van der Waals surface area contributed by atoms with Gasteiger partial charge in [0.2, 0.25) is 5.91 Å². The van der Waals surface area contributed by atoms with E-state index in [9.17, 15) is 4.79 Å². The van der Waals surface area contributed by atoms with Gasteiger partial charge in [0.25, 0.3) is 0 Å². The van der Waals surface area contributed by atoms with Crippen molar-refractivity contribution >= 4 is 17.2 Å². The van der Waals surface area contributed by atoms with E-state index in [0.29, 0.717) is 18.6 Å². The molecule has 1 N–H and O–H groups in total. The van der Waals surface area contributed by atoms with Gasteiger partial charge < -0.3 is 5.32 Å². The van der Waals surface area contributed by atoms with Gasteiger partial charge in [0.1, 0.15) is 0 Å². The van der Waals surface area contributed by atoms with Crippen molar-refractivity contribution in [3.8, 4) is 0 Å². The second kappa shape index (κ2) is 4.97. The van der Waals surface area contributed by atoms with Crippen molar-refractivity contribution in [2.75, 3.05) is 13.6 Å². The van der Waals surface area contributed by atoms with E-state index in [1.165, 1.54) is 4.88 Å². The van der Waals surface area contributed by atoms with Crippen molar-refractivity contribution < 1.29 is 4.79 Å². The predicted molar refractivity (Wildman–Crippen MR) is 66.5 cm³/mol. The first-order valence-electron chi connectivity index (χ1n) is 5.70. The zero-order valence-corrected chi connectivity index (χ0v) is 10.6. The van der Waals surface area contributed by atoms with Crippen molar-refractivity contribution in [3.05, 3.63) is 22.4 Å². The van der Waals surface area contributed by atoms with Crippen LogP contribution < -0.4 is 5.32 Å². The third-order valence-electron chi connectivity index (χ3n) is 2.95. The number of rotatable bonds is 5. The molecule has 2 rings (SSSR count). The van der Waals surface area contributed by atoms with Crippen LogP contribution in [0, 0.1) is 0 Å². The van der Waals surface area contributed by atoms with Crippen LogP contribution in [0.4, 0.5) is 0 Å². The highest BCUT2D eigenvalue weighted by Crippen LogP contribution is 2.23. The normalized spacial score (nSPS) is 17.4. The molecule has 0 aromatic carbocycles. The van der Waals surface area contributed by atoms with E-state index in [-0.39, 0.29) is 5.91 Å². The lowest BCUT2D eigenvalue weighted by molar-refractivity contribution is -0.122. The van der Waals surface area contributed by atoms with Gasteiger partial charge in [0, 0.05) is 17.0 Å². The van der Waals surface area contributed by atoms with Crippen LogP contribution in [0.15, 0.2) is 17.5 Å². The van der Waals surface area contributed by atoms with Crippen LogP contribution in [-0.2, 0) is 4.79 Å². The van der Waals surface area contributed by atoms with Gasteiger partial charge in [-0.1, -0.05) is 6.07 Å². The molecule has 0 bridgehead atoms. The van der Waals surface area contributed by atoms with Crippen molar-refractivity contribution in [2.45, 2.75) is 31.8 Å². The molecule has 1 saturated carbocycles. The fourth-order valence-electron chi connectivity index (χ4n) is 1.61. The first kappa shape index (κ1) is 11.6. The first-order chi connectivity index (χ1) is 7.66. The lowest BCUT2D eigenvalue weighted by atomic mass is 10.2. The average molecular weight is 238 g/mol. The maximum absolute atomic E-state index is 11.6. The molecule has 1 aromatic rings. The maximum atomic E-state index is 11.6. The molecule has 1 atom stereocenters. The van der Waals surface area contributed by atoms with Gasteiger partial charge in [-0.05, 0) is 38.3 Å². The van der Waals surface area contributed by atoms with Crippen LogP contribution in [0.1, 0.15) is 30.7 Å². The molecule has 88 valence electrons. The zero-order chi connectivity index (χ0) is 11.5. The summed E-state index contributed by atoms with van der Waals surface area (Å²) in [6, 6.07) is 4.93. The minimum atomic E-state index is 0.147. The molecule has 0 radical (unpaired) electrons. The van der Waals surface area contributed by atoms with Gasteiger partial charge in [-0.3, -0.25) is 9.69 Å². The number of carbonyl (C=O) groups excluding carboxylic acids is 1. The highest BCUT2D eigenvalue weighted by molar-refractivity contribution is 7.10. The monoisotopic (exact) mass is 238 g/mol. The molecule has 1 aromatic heterocycles. The van der Waals surface area contributed by atoms with Gasteiger partial charge in [-0.15, -0.1) is 11.3 Å². The number of carbonyl (C=O) groups is 1. The molecule has 1 aliphatic rings. The molecule has 0 aliphatic heterocycles. The van der Waals surface area contributed by atoms with Crippen LogP contribution >= 0.6 is 11.3 Å². The molecule has 1 fully saturated rings. The van der Waals surface area contributed by atoms with Crippen LogP contribution in [-0.4, -0.2) is 30.4 Å². The Morgan fingerprint density at radius 2 is 2.44 bits per heavy atom. The Kier molecular flexibility index (Phi) is 3.61. The standard InChI is InChI=1S/C12H18N2OS/c1-9(11-4-3-7-16-11)14(2)8-12(15)13-10-5-6-10/h3-4,7,9-10H,5-6,8H2,1-2H3,(H,13,15). The number of likely N-dealkylation sites (N-methyl/N-ethyl adjacent to an activating group) is 1. The summed E-state index contributed by atoms with van der Waals surface area (Å²) < 4.78 is 0. The molecule has 0 spiro atoms. The zero-order valence-electron chi connectivity index (χ0n) is 9.77. The Bertz CT molecular complexity index is 346. The van der Waals surface area contributed by atoms with E-state index in [2.05, 4.69) is 34.7 Å². The van der Waals surface area contributed by atoms with Crippen molar-refractivity contribution in [1.82, 2.24) is 10.2 Å². The molecular weight excluding hydrogens is 220 g/mol. The maximum Gasteiger partial charge on any atom is 0.234 e. The minimum Gasteiger partial charge on any atom is -0.352 e. The smallest absolute Gasteiger partial charge is 0.234 e. The second-order valence-corrected chi connectivity index (χ2v) is 5.43. The Balaban J connectivity index is 1.82. The first-order valence-corrected chi connectivity index (χ1v) is 6.58. The molecule has 1 aliphatic carbocycles. The van der Waals surface area contributed by atoms with Gasteiger partial charge >= 0.3 is 0 Å². The fourth-order valence-corrected chi connectivity index (χ4v) is 2.46. The highest BCUT2D eigenvalue weighted by atomic mass is 32.1. The molecule has 3 nitrogen and oxygen atoms in total. The topological polar surface area (TPSA) is 32.3 Å². The largest absolute Gasteiger partial charge is 0.352 e. The summed E-state index contributed by atoms with van der Waals surface area (Å²) in [5, 5.41) is 5.08. The number of nitrogens with one attached hydrogen (secondary N) is 1. The molecule has 1 amide bonds. The van der Waals surface area contributed by atoms with Gasteiger partial charge in [0.05, 0.1) is 6.54 Å². The van der Waals surface area contributed by atoms with Crippen molar-refractivity contribution in [2.24, 2.45) is 0 Å². The third kappa shape index (κ3) is 3.06. The van der Waals surface area contributed by atoms with E-state index in [0.717, 1.165) is 12.8 Å². The van der Waals surface area contributed by atoms with Crippen molar-refractivity contribution in [1.29, 1.82) is 0 Å². The summed E-state index contributed by atoms with van der Waals surface area (Å²) in [7, 11) is 2.00. The Labute approximate surface area is 100 Å². The summed E-state index contributed by atoms with van der Waals surface area (Å²) in [4.78, 5) is 15.0. The quantitative estimate of drug-likeness (QED) is 0.851. The van der Waals surface area contributed by atoms with Gasteiger partial charge in [-0.25, -0.2) is 0 Å². The van der Waals surface area contributed by atoms with E-state index < -0.39 is 0 Å². The summed E-state index contributed by atoms with van der Waals surface area (Å²) in [5.74, 6) is 0.147. The summed E-state index contributed by atoms with van der Waals surface area (Å²) >= 11 is 1.74. The fraction of sp³-hybridized carbons (Fsp3) is 0.583. The minimum absolute atomic E-state index is 0.147. The van der Waals surface area contributed by atoms with Crippen LogP contribution in [0.3, 0.4) is 0 Å². The van der Waals surface area contributed by atoms with Gasteiger partial charge in [0.15, 0.2) is 0 Å². The number of thiophene rings is 1. The summed E-state index contributed by atoms with van der Waals surface area (Å²) in [6.45, 7) is 2.62. The molecule has 1 heterocycles. The van der Waals surface area contributed by atoms with Crippen LogP contribution in [0.25, 0.3) is 0 Å². The average Bonchev–Trinajstić information content (AvgIpc) is 2.89. The second-order valence-electron chi connectivity index (χ2n) is 4.45. The number of amides is 1. The predicted octanol–water partition coefficient (Wildman–Crippen LogP) is 2.02. The molecule has 0 saturated heterocycles. The highest BCUT2D eigenvalue weighted by Gasteiger charge is 2.24. The number of nitrogens with zero attached hydrogens (tertiary/aromatic N) is 1. The van der Waals surface area contributed by atoms with E-state index in [1.807, 2.05) is 7.05 Å². The van der Waals surface area contributed by atoms with Crippen LogP contribution in [0.2, 0.25) is 0 Å². The van der Waals surface area contributed by atoms with E-state index in [1.54, 1.807) is 11.3 Å². The SMILES string of the molecule is CC(c1cccs1)N(C)CC(=O)NC1CC1. The molecule has 1 unspecified atom stereocenters. The number of hydrogen-bond acceptors (Lipinski definition) is 3. The Morgan fingerprint density at radius 1 is 1.69 bits per heavy atom. The van der Waals surface area contributed by atoms with E-state index in [4.69, 9.17) is 0 Å². The third-order valence-corrected chi connectivity index (χ3v) is 3.99. The Morgan fingerprint density at radius 3 is 3.00 bits per heavy atom. The number of hydrogen-bond donors (Lipinski definition) is 1. The molecule has 16 heavy (non-hydrogen) atoms. The van der Waals surface area contributed by atoms with Gasteiger partial charge in [-0.2, -0.15) is 0 Å². The van der Waals surface area contributed by atoms with E-state index >= 15 is 0 Å². The van der Waals surface area contributed by atoms with Crippen LogP contribution in [0.5, 0.6) is 0 Å². The van der Waals surface area contributed by atoms with Crippen molar-refractivity contribution in [3.63, 3.8) is 0 Å². The summed E-state index contributed by atoms with van der Waals surface area (Å²) in [6.07, 6.45) is 2.30.